The van der Waals surface area contributed by atoms with Crippen LogP contribution in [0.3, 0.4) is 0 Å². The van der Waals surface area contributed by atoms with Crippen molar-refractivity contribution in [2.75, 3.05) is 0 Å². The van der Waals surface area contributed by atoms with Gasteiger partial charge in [-0.15, -0.1) is 0 Å². The smallest absolute Gasteiger partial charge is 0.252 e. The van der Waals surface area contributed by atoms with Crippen molar-refractivity contribution in [1.29, 1.82) is 0 Å². The van der Waals surface area contributed by atoms with Crippen LogP contribution in [0, 0.1) is 0 Å². The molecule has 0 amide bonds. The second-order valence-electron chi connectivity index (χ2n) is 4.07. The number of halogens is 2. The Kier molecular flexibility index (Phi) is 1.91. The molecule has 0 saturated heterocycles. The van der Waals surface area contributed by atoms with Gasteiger partial charge in [0.2, 0.25) is 0 Å². The van der Waals surface area contributed by atoms with Gasteiger partial charge in [0, 0.05) is 24.5 Å². The van der Waals surface area contributed by atoms with Gasteiger partial charge in [0.1, 0.15) is 11.5 Å². The summed E-state index contributed by atoms with van der Waals surface area (Å²) in [7, 11) is 0. The van der Waals surface area contributed by atoms with Crippen LogP contribution in [0.2, 0.25) is 0 Å². The quantitative estimate of drug-likeness (QED) is 0.667. The highest BCUT2D eigenvalue weighted by atomic mass is 19.3. The molecular weight excluding hydrogens is 204 g/mol. The van der Waals surface area contributed by atoms with Crippen LogP contribution in [0.1, 0.15) is 18.4 Å². The zero-order valence-electron chi connectivity index (χ0n) is 7.87. The van der Waals surface area contributed by atoms with Gasteiger partial charge in [-0.2, -0.15) is 0 Å². The second kappa shape index (κ2) is 2.82. The average molecular weight is 215 g/mol. The molecule has 0 unspecified atom stereocenters. The summed E-state index contributed by atoms with van der Waals surface area (Å²) in [6.45, 7) is 0. The summed E-state index contributed by atoms with van der Waals surface area (Å²) in [5, 5.41) is 18.5. The van der Waals surface area contributed by atoms with Gasteiger partial charge in [0.15, 0.2) is 0 Å². The molecule has 1 aliphatic rings. The average Bonchev–Trinajstić information content (AvgIpc) is 1.98. The number of aromatic hydroxyl groups is 2. The van der Waals surface area contributed by atoms with E-state index in [9.17, 15) is 13.9 Å². The minimum atomic E-state index is -2.75. The molecule has 0 radical (unpaired) electrons. The topological polar surface area (TPSA) is 66.5 Å². The highest BCUT2D eigenvalue weighted by Crippen LogP contribution is 2.51. The van der Waals surface area contributed by atoms with Gasteiger partial charge in [-0.1, -0.05) is 0 Å². The lowest BCUT2D eigenvalue weighted by molar-refractivity contribution is -0.125. The molecule has 0 heterocycles. The number of phenolic OH excluding ortho intramolecular Hbond substituents is 2. The maximum absolute atomic E-state index is 12.7. The summed E-state index contributed by atoms with van der Waals surface area (Å²) in [4.78, 5) is 0. The normalized spacial score (nSPS) is 22.1. The Hall–Kier alpha value is -1.36. The molecule has 1 aliphatic carbocycles. The van der Waals surface area contributed by atoms with Crippen molar-refractivity contribution in [2.45, 2.75) is 24.3 Å². The molecule has 4 N–H and O–H groups in total. The Morgan fingerprint density at radius 3 is 2.27 bits per heavy atom. The van der Waals surface area contributed by atoms with Crippen LogP contribution < -0.4 is 5.73 Å². The lowest BCUT2D eigenvalue weighted by atomic mass is 9.69. The Balaban J connectivity index is 2.32. The third-order valence-electron chi connectivity index (χ3n) is 2.67. The van der Waals surface area contributed by atoms with Crippen LogP contribution in [0.5, 0.6) is 11.5 Å². The molecule has 0 bridgehead atoms. The fraction of sp³-hybridized carbons (Fsp3) is 0.400. The molecule has 0 aliphatic heterocycles. The number of hydrogen-bond donors (Lipinski definition) is 3. The van der Waals surface area contributed by atoms with Gasteiger partial charge in [-0.3, -0.25) is 0 Å². The minimum absolute atomic E-state index is 0.120. The number of rotatable bonds is 1. The van der Waals surface area contributed by atoms with E-state index in [0.717, 1.165) is 6.07 Å². The molecule has 0 aromatic heterocycles. The monoisotopic (exact) mass is 215 g/mol. The third-order valence-corrected chi connectivity index (χ3v) is 2.67. The van der Waals surface area contributed by atoms with E-state index in [-0.39, 0.29) is 17.1 Å². The van der Waals surface area contributed by atoms with E-state index < -0.39 is 24.3 Å². The predicted octanol–water partition coefficient (Wildman–Crippen LogP) is 1.68. The zero-order chi connectivity index (χ0) is 11.3. The third kappa shape index (κ3) is 1.63. The summed E-state index contributed by atoms with van der Waals surface area (Å²) < 4.78 is 25.4. The number of nitrogens with two attached hydrogens (primary N) is 1. The van der Waals surface area contributed by atoms with Crippen molar-refractivity contribution < 1.29 is 19.0 Å². The van der Waals surface area contributed by atoms with Crippen molar-refractivity contribution in [3.63, 3.8) is 0 Å². The van der Waals surface area contributed by atoms with Gasteiger partial charge in [-0.05, 0) is 12.1 Å². The van der Waals surface area contributed by atoms with Crippen molar-refractivity contribution in [3.8, 4) is 11.5 Å². The van der Waals surface area contributed by atoms with Crippen LogP contribution >= 0.6 is 0 Å². The van der Waals surface area contributed by atoms with Crippen LogP contribution in [0.4, 0.5) is 8.78 Å². The fourth-order valence-corrected chi connectivity index (χ4v) is 2.00. The van der Waals surface area contributed by atoms with Crippen LogP contribution in [0.25, 0.3) is 0 Å². The SMILES string of the molecule is NC1(c2ccc(O)cc2O)CC(F)(F)C1. The van der Waals surface area contributed by atoms with E-state index in [0.29, 0.717) is 0 Å². The predicted molar refractivity (Wildman–Crippen MR) is 49.8 cm³/mol. The molecule has 5 heteroatoms. The lowest BCUT2D eigenvalue weighted by Gasteiger charge is -2.44. The van der Waals surface area contributed by atoms with E-state index in [2.05, 4.69) is 0 Å². The first kappa shape index (κ1) is 10.2. The molecule has 1 saturated carbocycles. The largest absolute Gasteiger partial charge is 0.508 e. The standard InChI is InChI=1S/C10H11F2NO2/c11-10(12)4-9(13,5-10)7-2-1-6(14)3-8(7)15/h1-3,14-15H,4-5,13H2. The van der Waals surface area contributed by atoms with Crippen molar-refractivity contribution >= 4 is 0 Å². The molecule has 2 rings (SSSR count). The van der Waals surface area contributed by atoms with Crippen molar-refractivity contribution in [2.24, 2.45) is 5.73 Å². The maximum Gasteiger partial charge on any atom is 0.252 e. The molecule has 1 fully saturated rings. The summed E-state index contributed by atoms with van der Waals surface area (Å²) >= 11 is 0. The van der Waals surface area contributed by atoms with E-state index in [1.807, 2.05) is 0 Å². The summed E-state index contributed by atoms with van der Waals surface area (Å²) in [5.74, 6) is -3.11. The molecular formula is C10H11F2NO2. The Morgan fingerprint density at radius 2 is 1.80 bits per heavy atom. The molecule has 3 nitrogen and oxygen atoms in total. The molecule has 0 spiro atoms. The van der Waals surface area contributed by atoms with Crippen molar-refractivity contribution in [1.82, 2.24) is 0 Å². The summed E-state index contributed by atoms with van der Waals surface area (Å²) in [5.41, 5.74) is 4.81. The first-order valence-electron chi connectivity index (χ1n) is 4.52. The highest BCUT2D eigenvalue weighted by molar-refractivity contribution is 5.44. The van der Waals surface area contributed by atoms with Crippen LogP contribution in [0.15, 0.2) is 18.2 Å². The van der Waals surface area contributed by atoms with E-state index >= 15 is 0 Å². The number of alkyl halides is 2. The van der Waals surface area contributed by atoms with Gasteiger partial charge in [0.25, 0.3) is 5.92 Å². The van der Waals surface area contributed by atoms with Crippen LogP contribution in [-0.2, 0) is 5.54 Å². The first-order chi connectivity index (χ1) is 6.82. The minimum Gasteiger partial charge on any atom is -0.508 e. The fourth-order valence-electron chi connectivity index (χ4n) is 2.00. The Labute approximate surface area is 85.1 Å². The molecule has 1 aromatic carbocycles. The van der Waals surface area contributed by atoms with Gasteiger partial charge < -0.3 is 15.9 Å². The maximum atomic E-state index is 12.7. The van der Waals surface area contributed by atoms with E-state index in [1.165, 1.54) is 12.1 Å². The number of phenols is 2. The summed E-state index contributed by atoms with van der Waals surface area (Å²) in [6, 6.07) is 3.79. The van der Waals surface area contributed by atoms with Gasteiger partial charge in [0.05, 0.1) is 5.54 Å². The number of benzene rings is 1. The highest BCUT2D eigenvalue weighted by Gasteiger charge is 2.56. The van der Waals surface area contributed by atoms with Crippen LogP contribution in [-0.4, -0.2) is 16.1 Å². The second-order valence-corrected chi connectivity index (χ2v) is 4.07. The zero-order valence-corrected chi connectivity index (χ0v) is 7.87. The Morgan fingerprint density at radius 1 is 1.20 bits per heavy atom. The molecule has 82 valence electrons. The van der Waals surface area contributed by atoms with Gasteiger partial charge in [-0.25, -0.2) is 8.78 Å². The molecule has 0 atom stereocenters. The molecule has 15 heavy (non-hydrogen) atoms. The lowest BCUT2D eigenvalue weighted by Crippen LogP contribution is -2.55. The van der Waals surface area contributed by atoms with Gasteiger partial charge >= 0.3 is 0 Å². The molecule has 1 aromatic rings. The Bertz CT molecular complexity index is 398. The first-order valence-corrected chi connectivity index (χ1v) is 4.52. The van der Waals surface area contributed by atoms with Crippen molar-refractivity contribution in [3.05, 3.63) is 23.8 Å². The summed E-state index contributed by atoms with van der Waals surface area (Å²) in [6.07, 6.45) is -0.948. The van der Waals surface area contributed by atoms with E-state index in [1.54, 1.807) is 0 Å². The van der Waals surface area contributed by atoms with E-state index in [4.69, 9.17) is 10.8 Å². The number of hydrogen-bond acceptors (Lipinski definition) is 3.